The van der Waals surface area contributed by atoms with Gasteiger partial charge in [0.25, 0.3) is 0 Å². The molecule has 0 heterocycles. The van der Waals surface area contributed by atoms with Gasteiger partial charge in [0, 0.05) is 12.2 Å². The number of anilines is 1. The molecule has 0 aliphatic carbocycles. The number of amides is 1. The first-order valence-electron chi connectivity index (χ1n) is 7.61. The molecule has 2 rings (SSSR count). The number of nitrogens with one attached hydrogen (secondary N) is 1. The Morgan fingerprint density at radius 3 is 2.24 bits per heavy atom. The Morgan fingerprint density at radius 1 is 1.08 bits per heavy atom. The summed E-state index contributed by atoms with van der Waals surface area (Å²) < 4.78 is 40.1. The van der Waals surface area contributed by atoms with Crippen LogP contribution in [-0.2, 0) is 11.3 Å². The quantitative estimate of drug-likeness (QED) is 0.855. The first-order chi connectivity index (χ1) is 11.7. The number of hydrogen-bond acceptors (Lipinski definition) is 3. The number of halogens is 3. The van der Waals surface area contributed by atoms with Gasteiger partial charge in [-0.3, -0.25) is 9.69 Å². The number of nitrogens with zero attached hydrogens (tertiary/aromatic N) is 1. The van der Waals surface area contributed by atoms with E-state index in [1.54, 1.807) is 0 Å². The molecule has 1 amide bonds. The third-order valence-corrected chi connectivity index (χ3v) is 3.36. The number of carbonyl (C=O) groups excluding carboxylic acids is 1. The van der Waals surface area contributed by atoms with Gasteiger partial charge in [-0.2, -0.15) is 0 Å². The highest BCUT2D eigenvalue weighted by Crippen LogP contribution is 2.23. The van der Waals surface area contributed by atoms with Crippen LogP contribution in [0.25, 0.3) is 0 Å². The Morgan fingerprint density at radius 2 is 1.68 bits per heavy atom. The average Bonchev–Trinajstić information content (AvgIpc) is 2.50. The largest absolute Gasteiger partial charge is 0.573 e. The summed E-state index contributed by atoms with van der Waals surface area (Å²) in [7, 11) is 1.82. The number of benzene rings is 2. The summed E-state index contributed by atoms with van der Waals surface area (Å²) in [4.78, 5) is 13.9. The number of carbonyl (C=O) groups is 1. The topological polar surface area (TPSA) is 41.6 Å². The van der Waals surface area contributed by atoms with E-state index in [9.17, 15) is 18.0 Å². The third kappa shape index (κ3) is 6.84. The minimum atomic E-state index is -4.73. The standard InChI is InChI=1S/C18H19F3N2O2/c1-13-3-5-14(6-4-13)11-23(2)12-17(24)22-15-7-9-16(10-8-15)25-18(19,20)21/h3-10H,11-12H2,1-2H3,(H,22,24). The van der Waals surface area contributed by atoms with E-state index in [0.29, 0.717) is 12.2 Å². The van der Waals surface area contributed by atoms with Gasteiger partial charge in [0.05, 0.1) is 6.54 Å². The fraction of sp³-hybridized carbons (Fsp3) is 0.278. The van der Waals surface area contributed by atoms with Crippen LogP contribution >= 0.6 is 0 Å². The SMILES string of the molecule is Cc1ccc(CN(C)CC(=O)Nc2ccc(OC(F)(F)F)cc2)cc1. The molecule has 2 aromatic rings. The molecule has 25 heavy (non-hydrogen) atoms. The van der Waals surface area contributed by atoms with Crippen molar-refractivity contribution in [2.75, 3.05) is 18.9 Å². The molecular weight excluding hydrogens is 333 g/mol. The summed E-state index contributed by atoms with van der Waals surface area (Å²) in [6.07, 6.45) is -4.73. The van der Waals surface area contributed by atoms with Gasteiger partial charge in [0.15, 0.2) is 0 Å². The molecule has 0 radical (unpaired) electrons. The van der Waals surface area contributed by atoms with Crippen LogP contribution < -0.4 is 10.1 Å². The summed E-state index contributed by atoms with van der Waals surface area (Å²) in [5.41, 5.74) is 2.67. The van der Waals surface area contributed by atoms with Gasteiger partial charge in [-0.25, -0.2) is 0 Å². The molecule has 0 spiro atoms. The van der Waals surface area contributed by atoms with Crippen LogP contribution in [0, 0.1) is 6.92 Å². The lowest BCUT2D eigenvalue weighted by Crippen LogP contribution is -2.29. The van der Waals surface area contributed by atoms with Crippen LogP contribution in [0.15, 0.2) is 48.5 Å². The monoisotopic (exact) mass is 352 g/mol. The van der Waals surface area contributed by atoms with Crippen LogP contribution in [-0.4, -0.2) is 30.8 Å². The third-order valence-electron chi connectivity index (χ3n) is 3.36. The highest BCUT2D eigenvalue weighted by Gasteiger charge is 2.30. The summed E-state index contributed by atoms with van der Waals surface area (Å²) in [5, 5.41) is 2.64. The zero-order chi connectivity index (χ0) is 18.4. The number of likely N-dealkylation sites (N-methyl/N-ethyl adjacent to an activating group) is 1. The molecule has 0 unspecified atom stereocenters. The predicted molar refractivity (Wildman–Crippen MR) is 89.3 cm³/mol. The van der Waals surface area contributed by atoms with Gasteiger partial charge >= 0.3 is 6.36 Å². The van der Waals surface area contributed by atoms with Crippen molar-refractivity contribution in [3.8, 4) is 5.75 Å². The maximum Gasteiger partial charge on any atom is 0.573 e. The van der Waals surface area contributed by atoms with Crippen molar-refractivity contribution in [1.29, 1.82) is 0 Å². The second kappa shape index (κ2) is 8.02. The number of rotatable bonds is 6. The van der Waals surface area contributed by atoms with Gasteiger partial charge in [0.1, 0.15) is 5.75 Å². The van der Waals surface area contributed by atoms with Crippen LogP contribution in [0.2, 0.25) is 0 Å². The van der Waals surface area contributed by atoms with Gasteiger partial charge in [-0.15, -0.1) is 13.2 Å². The van der Waals surface area contributed by atoms with E-state index in [0.717, 1.165) is 17.7 Å². The molecule has 0 fully saturated rings. The molecule has 0 bridgehead atoms. The Labute approximate surface area is 144 Å². The van der Waals surface area contributed by atoms with E-state index < -0.39 is 6.36 Å². The molecule has 0 saturated heterocycles. The van der Waals surface area contributed by atoms with Crippen molar-refractivity contribution < 1.29 is 22.7 Å². The highest BCUT2D eigenvalue weighted by atomic mass is 19.4. The Kier molecular flexibility index (Phi) is 6.03. The minimum Gasteiger partial charge on any atom is -0.406 e. The van der Waals surface area contributed by atoms with Crippen molar-refractivity contribution >= 4 is 11.6 Å². The first kappa shape index (κ1) is 18.8. The maximum atomic E-state index is 12.1. The molecule has 0 saturated carbocycles. The van der Waals surface area contributed by atoms with E-state index in [1.165, 1.54) is 17.7 Å². The Balaban J connectivity index is 1.83. The molecule has 7 heteroatoms. The average molecular weight is 352 g/mol. The van der Waals surface area contributed by atoms with Gasteiger partial charge in [-0.05, 0) is 43.8 Å². The van der Waals surface area contributed by atoms with Crippen LogP contribution in [0.5, 0.6) is 5.75 Å². The van der Waals surface area contributed by atoms with E-state index in [4.69, 9.17) is 0 Å². The van der Waals surface area contributed by atoms with E-state index in [2.05, 4.69) is 10.1 Å². The maximum absolute atomic E-state index is 12.1. The number of aryl methyl sites for hydroxylation is 1. The molecule has 0 atom stereocenters. The van der Waals surface area contributed by atoms with E-state index >= 15 is 0 Å². The fourth-order valence-corrected chi connectivity index (χ4v) is 2.25. The van der Waals surface area contributed by atoms with Crippen LogP contribution in [0.3, 0.4) is 0 Å². The van der Waals surface area contributed by atoms with Crippen LogP contribution in [0.4, 0.5) is 18.9 Å². The van der Waals surface area contributed by atoms with Crippen molar-refractivity contribution in [1.82, 2.24) is 4.90 Å². The number of hydrogen-bond donors (Lipinski definition) is 1. The molecular formula is C18H19F3N2O2. The first-order valence-corrected chi connectivity index (χ1v) is 7.61. The number of ether oxygens (including phenoxy) is 1. The van der Waals surface area contributed by atoms with Gasteiger partial charge in [-0.1, -0.05) is 29.8 Å². The zero-order valence-electron chi connectivity index (χ0n) is 13.9. The second-order valence-electron chi connectivity index (χ2n) is 5.78. The lowest BCUT2D eigenvalue weighted by atomic mass is 10.1. The predicted octanol–water partition coefficient (Wildman–Crippen LogP) is 3.96. The molecule has 0 aliphatic heterocycles. The minimum absolute atomic E-state index is 0.161. The summed E-state index contributed by atoms with van der Waals surface area (Å²) in [5.74, 6) is -0.582. The van der Waals surface area contributed by atoms with Gasteiger partial charge in [0.2, 0.25) is 5.91 Å². The molecule has 134 valence electrons. The second-order valence-corrected chi connectivity index (χ2v) is 5.78. The summed E-state index contributed by atoms with van der Waals surface area (Å²) >= 11 is 0. The lowest BCUT2D eigenvalue weighted by molar-refractivity contribution is -0.274. The zero-order valence-corrected chi connectivity index (χ0v) is 13.9. The van der Waals surface area contributed by atoms with Crippen molar-refractivity contribution in [2.24, 2.45) is 0 Å². The Bertz CT molecular complexity index is 698. The normalized spacial score (nSPS) is 11.4. The number of alkyl halides is 3. The Hall–Kier alpha value is -2.54. The smallest absolute Gasteiger partial charge is 0.406 e. The van der Waals surface area contributed by atoms with Gasteiger partial charge < -0.3 is 10.1 Å². The van der Waals surface area contributed by atoms with Crippen molar-refractivity contribution in [3.05, 3.63) is 59.7 Å². The molecule has 2 aromatic carbocycles. The van der Waals surface area contributed by atoms with Crippen LogP contribution in [0.1, 0.15) is 11.1 Å². The van der Waals surface area contributed by atoms with Crippen molar-refractivity contribution in [2.45, 2.75) is 19.8 Å². The highest BCUT2D eigenvalue weighted by molar-refractivity contribution is 5.92. The summed E-state index contributed by atoms with van der Waals surface area (Å²) in [6.45, 7) is 2.78. The molecule has 4 nitrogen and oxygen atoms in total. The fourth-order valence-electron chi connectivity index (χ4n) is 2.25. The molecule has 0 aliphatic rings. The van der Waals surface area contributed by atoms with Crippen molar-refractivity contribution in [3.63, 3.8) is 0 Å². The lowest BCUT2D eigenvalue weighted by Gasteiger charge is -2.16. The summed E-state index contributed by atoms with van der Waals surface area (Å²) in [6, 6.07) is 13.0. The van der Waals surface area contributed by atoms with E-state index in [1.807, 2.05) is 43.1 Å². The molecule has 1 N–H and O–H groups in total. The van der Waals surface area contributed by atoms with E-state index in [-0.39, 0.29) is 18.2 Å². The molecule has 0 aromatic heterocycles.